The molecule has 1 fully saturated rings. The Morgan fingerprint density at radius 3 is 2.44 bits per heavy atom. The van der Waals surface area contributed by atoms with Crippen molar-refractivity contribution in [3.8, 4) is 0 Å². The fourth-order valence-electron chi connectivity index (χ4n) is 2.82. The second-order valence-electron chi connectivity index (χ2n) is 7.23. The summed E-state index contributed by atoms with van der Waals surface area (Å²) in [5.74, 6) is 0.948. The summed E-state index contributed by atoms with van der Waals surface area (Å²) < 4.78 is 23.7. The van der Waals surface area contributed by atoms with Crippen molar-refractivity contribution >= 4 is 21.5 Å². The van der Waals surface area contributed by atoms with Crippen LogP contribution in [0.25, 0.3) is 0 Å². The van der Waals surface area contributed by atoms with E-state index >= 15 is 0 Å². The molecule has 0 bridgehead atoms. The number of guanidine groups is 1. The lowest BCUT2D eigenvalue weighted by Crippen LogP contribution is -2.57. The fraction of sp³-hybridized carbons (Fsp3) is 0.611. The van der Waals surface area contributed by atoms with Crippen LogP contribution in [0.5, 0.6) is 0 Å². The Kier molecular flexibility index (Phi) is 5.98. The van der Waals surface area contributed by atoms with Crippen LogP contribution in [0.4, 0.5) is 5.69 Å². The van der Waals surface area contributed by atoms with Gasteiger partial charge in [-0.1, -0.05) is 12.1 Å². The van der Waals surface area contributed by atoms with Gasteiger partial charge in [0.1, 0.15) is 0 Å². The zero-order chi connectivity index (χ0) is 18.7. The van der Waals surface area contributed by atoms with Crippen molar-refractivity contribution in [2.75, 3.05) is 44.4 Å². The largest absolute Gasteiger partial charge is 0.378 e. The second-order valence-corrected chi connectivity index (χ2v) is 9.97. The van der Waals surface area contributed by atoms with Crippen LogP contribution in [0, 0.1) is 0 Å². The summed E-state index contributed by atoms with van der Waals surface area (Å²) in [6.45, 7) is 7.86. The first-order valence-corrected chi connectivity index (χ1v) is 10.3. The molecule has 6 nitrogen and oxygen atoms in total. The van der Waals surface area contributed by atoms with Crippen molar-refractivity contribution in [3.63, 3.8) is 0 Å². The highest BCUT2D eigenvalue weighted by Gasteiger charge is 2.40. The van der Waals surface area contributed by atoms with Gasteiger partial charge in [0.15, 0.2) is 15.8 Å². The van der Waals surface area contributed by atoms with Gasteiger partial charge in [-0.05, 0) is 38.5 Å². The zero-order valence-electron chi connectivity index (χ0n) is 15.9. The molecule has 1 aromatic rings. The number of hydrogen-bond donors (Lipinski definition) is 1. The van der Waals surface area contributed by atoms with E-state index in [4.69, 9.17) is 4.99 Å². The minimum atomic E-state index is -3.05. The summed E-state index contributed by atoms with van der Waals surface area (Å²) in [5, 5.41) is 3.29. The van der Waals surface area contributed by atoms with E-state index < -0.39 is 14.6 Å². The molecule has 2 rings (SSSR count). The number of rotatable bonds is 4. The Hall–Kier alpha value is -1.76. The monoisotopic (exact) mass is 366 g/mol. The molecular weight excluding hydrogens is 336 g/mol. The second kappa shape index (κ2) is 7.64. The number of benzene rings is 1. The molecule has 140 valence electrons. The number of hydrogen-bond acceptors (Lipinski definition) is 4. The first kappa shape index (κ1) is 19.6. The molecule has 0 saturated carbocycles. The molecule has 1 saturated heterocycles. The first-order valence-electron chi connectivity index (χ1n) is 8.68. The maximum Gasteiger partial charge on any atom is 0.194 e. The molecule has 1 N–H and O–H groups in total. The zero-order valence-corrected chi connectivity index (χ0v) is 16.7. The van der Waals surface area contributed by atoms with E-state index in [1.54, 1.807) is 13.8 Å². The highest BCUT2D eigenvalue weighted by atomic mass is 32.2. The van der Waals surface area contributed by atoms with Crippen LogP contribution in [0.3, 0.4) is 0 Å². The highest BCUT2D eigenvalue weighted by Crippen LogP contribution is 2.24. The van der Waals surface area contributed by atoms with Crippen molar-refractivity contribution in [1.29, 1.82) is 0 Å². The van der Waals surface area contributed by atoms with Gasteiger partial charge < -0.3 is 15.1 Å². The molecule has 0 aliphatic carbocycles. The lowest BCUT2D eigenvalue weighted by Gasteiger charge is -2.39. The van der Waals surface area contributed by atoms with Crippen LogP contribution in [-0.2, 0) is 16.4 Å². The molecule has 0 atom stereocenters. The average Bonchev–Trinajstić information content (AvgIpc) is 2.54. The van der Waals surface area contributed by atoms with Crippen molar-refractivity contribution in [2.24, 2.45) is 4.99 Å². The lowest BCUT2D eigenvalue weighted by atomic mass is 10.2. The third kappa shape index (κ3) is 4.66. The maximum absolute atomic E-state index is 12.2. The Labute approximate surface area is 151 Å². The van der Waals surface area contributed by atoms with Gasteiger partial charge in [-0.3, -0.25) is 0 Å². The average molecular weight is 367 g/mol. The van der Waals surface area contributed by atoms with E-state index in [9.17, 15) is 8.42 Å². The number of sulfone groups is 1. The normalized spacial score (nSPS) is 19.6. The van der Waals surface area contributed by atoms with Crippen LogP contribution in [0.2, 0.25) is 0 Å². The molecule has 0 unspecified atom stereocenters. The number of aliphatic imine (C=N–C) groups is 1. The summed E-state index contributed by atoms with van der Waals surface area (Å²) >= 11 is 0. The van der Waals surface area contributed by atoms with Crippen molar-refractivity contribution in [3.05, 3.63) is 29.8 Å². The molecular formula is C18H30N4O2S. The topological polar surface area (TPSA) is 65.0 Å². The Balaban J connectivity index is 2.13. The van der Waals surface area contributed by atoms with Gasteiger partial charge in [0.05, 0.1) is 17.0 Å². The minimum absolute atomic E-state index is 0.169. The van der Waals surface area contributed by atoms with E-state index in [2.05, 4.69) is 39.4 Å². The van der Waals surface area contributed by atoms with Crippen LogP contribution in [0.1, 0.15) is 26.3 Å². The Bertz CT molecular complexity index is 709. The van der Waals surface area contributed by atoms with E-state index in [1.165, 1.54) is 0 Å². The smallest absolute Gasteiger partial charge is 0.194 e. The van der Waals surface area contributed by atoms with Crippen molar-refractivity contribution < 1.29 is 8.42 Å². The summed E-state index contributed by atoms with van der Waals surface area (Å²) in [6.07, 6.45) is 0. The van der Waals surface area contributed by atoms with Crippen LogP contribution < -0.4 is 10.2 Å². The molecule has 25 heavy (non-hydrogen) atoms. The van der Waals surface area contributed by atoms with Crippen LogP contribution in [0.15, 0.2) is 29.3 Å². The molecule has 1 aliphatic heterocycles. The van der Waals surface area contributed by atoms with Gasteiger partial charge in [0.25, 0.3) is 0 Å². The molecule has 1 aliphatic rings. The van der Waals surface area contributed by atoms with Gasteiger partial charge in [-0.25, -0.2) is 13.4 Å². The minimum Gasteiger partial charge on any atom is -0.378 e. The summed E-state index contributed by atoms with van der Waals surface area (Å²) in [7, 11) is 0.981. The number of nitrogens with one attached hydrogen (secondary N) is 1. The predicted molar refractivity (Wildman–Crippen MR) is 105 cm³/mol. The standard InChI is InChI=1S/C18H30N4O2S/c1-6-19-17(22-11-12-25(23,24)18(2,3)14-22)20-13-15-7-9-16(10-8-15)21(4)5/h7-10H,6,11-14H2,1-5H3,(H,19,20). The molecule has 1 heterocycles. The predicted octanol–water partition coefficient (Wildman–Crippen LogP) is 1.73. The Morgan fingerprint density at radius 1 is 1.28 bits per heavy atom. The first-order chi connectivity index (χ1) is 11.7. The molecule has 7 heteroatoms. The van der Waals surface area contributed by atoms with Gasteiger partial charge in [0.2, 0.25) is 0 Å². The van der Waals surface area contributed by atoms with Crippen molar-refractivity contribution in [1.82, 2.24) is 10.2 Å². The van der Waals surface area contributed by atoms with Gasteiger partial charge in [-0.2, -0.15) is 0 Å². The molecule has 0 radical (unpaired) electrons. The number of nitrogens with zero attached hydrogens (tertiary/aromatic N) is 3. The number of anilines is 1. The molecule has 0 spiro atoms. The maximum atomic E-state index is 12.2. The summed E-state index contributed by atoms with van der Waals surface area (Å²) in [5.41, 5.74) is 2.28. The summed E-state index contributed by atoms with van der Waals surface area (Å²) in [4.78, 5) is 8.84. The Morgan fingerprint density at radius 2 is 1.92 bits per heavy atom. The molecule has 0 aromatic heterocycles. The van der Waals surface area contributed by atoms with Gasteiger partial charge >= 0.3 is 0 Å². The van der Waals surface area contributed by atoms with Crippen LogP contribution in [-0.4, -0.2) is 63.5 Å². The van der Waals surface area contributed by atoms with Gasteiger partial charge in [0, 0.05) is 39.4 Å². The van der Waals surface area contributed by atoms with Crippen LogP contribution >= 0.6 is 0 Å². The van der Waals surface area contributed by atoms with E-state index in [0.717, 1.165) is 23.8 Å². The molecule has 1 aromatic carbocycles. The summed E-state index contributed by atoms with van der Waals surface area (Å²) in [6, 6.07) is 8.31. The molecule has 0 amide bonds. The SMILES string of the molecule is CCNC(=NCc1ccc(N(C)C)cc1)N1CCS(=O)(=O)C(C)(C)C1. The van der Waals surface area contributed by atoms with Gasteiger partial charge in [-0.15, -0.1) is 0 Å². The fourth-order valence-corrected chi connectivity index (χ4v) is 4.18. The van der Waals surface area contributed by atoms with E-state index in [0.29, 0.717) is 19.6 Å². The highest BCUT2D eigenvalue weighted by molar-refractivity contribution is 7.92. The quantitative estimate of drug-likeness (QED) is 0.649. The lowest BCUT2D eigenvalue weighted by molar-refractivity contribution is 0.353. The van der Waals surface area contributed by atoms with Crippen molar-refractivity contribution in [2.45, 2.75) is 32.1 Å². The third-order valence-electron chi connectivity index (χ3n) is 4.54. The van der Waals surface area contributed by atoms with E-state index in [1.807, 2.05) is 21.0 Å². The van der Waals surface area contributed by atoms with E-state index in [-0.39, 0.29) is 5.75 Å². The third-order valence-corrected chi connectivity index (χ3v) is 7.08.